The maximum Gasteiger partial charge on any atom is 0.227 e. The van der Waals surface area contributed by atoms with Crippen molar-refractivity contribution in [2.24, 2.45) is 11.7 Å². The number of carbonyl (C=O) groups excluding carboxylic acids is 1. The van der Waals surface area contributed by atoms with Gasteiger partial charge in [-0.1, -0.05) is 0 Å². The summed E-state index contributed by atoms with van der Waals surface area (Å²) in [5.74, 6) is 1.73. The van der Waals surface area contributed by atoms with Crippen molar-refractivity contribution >= 4 is 22.6 Å². The van der Waals surface area contributed by atoms with E-state index in [2.05, 4.69) is 25.5 Å². The minimum Gasteiger partial charge on any atom is -0.493 e. The van der Waals surface area contributed by atoms with E-state index in [0.717, 1.165) is 31.2 Å². The van der Waals surface area contributed by atoms with E-state index in [0.29, 0.717) is 34.2 Å². The van der Waals surface area contributed by atoms with Gasteiger partial charge < -0.3 is 25.5 Å². The molecule has 4 rings (SSSR count). The minimum atomic E-state index is -0.0215. The van der Waals surface area contributed by atoms with Crippen LogP contribution in [-0.4, -0.2) is 46.3 Å². The number of amides is 1. The monoisotopic (exact) mass is 384 g/mol. The molecule has 5 N–H and O–H groups in total. The predicted octanol–water partition coefficient (Wildman–Crippen LogP) is 2.43. The largest absolute Gasteiger partial charge is 0.493 e. The maximum atomic E-state index is 12.6. The average molecular weight is 384 g/mol. The number of H-pyrrole nitrogens is 2. The summed E-state index contributed by atoms with van der Waals surface area (Å²) >= 11 is 0. The molecule has 0 bridgehead atoms. The van der Waals surface area contributed by atoms with E-state index in [9.17, 15) is 4.79 Å². The molecule has 28 heavy (non-hydrogen) atoms. The van der Waals surface area contributed by atoms with Crippen molar-refractivity contribution in [3.8, 4) is 23.0 Å². The second kappa shape index (κ2) is 7.51. The highest BCUT2D eigenvalue weighted by molar-refractivity contribution is 5.96. The van der Waals surface area contributed by atoms with Crippen LogP contribution in [0.3, 0.4) is 0 Å². The van der Waals surface area contributed by atoms with Gasteiger partial charge in [0.1, 0.15) is 0 Å². The highest BCUT2D eigenvalue weighted by Crippen LogP contribution is 2.33. The van der Waals surface area contributed by atoms with Gasteiger partial charge in [0.2, 0.25) is 5.91 Å². The van der Waals surface area contributed by atoms with E-state index < -0.39 is 0 Å². The molecule has 0 radical (unpaired) electrons. The quantitative estimate of drug-likeness (QED) is 0.534. The smallest absolute Gasteiger partial charge is 0.227 e. The van der Waals surface area contributed by atoms with E-state index in [4.69, 9.17) is 15.2 Å². The van der Waals surface area contributed by atoms with Crippen LogP contribution in [0.4, 0.5) is 5.69 Å². The first-order chi connectivity index (χ1) is 13.6. The van der Waals surface area contributed by atoms with Gasteiger partial charge in [-0.15, -0.1) is 0 Å². The van der Waals surface area contributed by atoms with Crippen LogP contribution < -0.4 is 20.5 Å². The molecule has 0 aliphatic heterocycles. The number of nitrogens with one attached hydrogen (secondary N) is 3. The Hall–Kier alpha value is -3.07. The Morgan fingerprint density at radius 3 is 2.61 bits per heavy atom. The number of fused-ring (bicyclic) bond motifs is 1. The summed E-state index contributed by atoms with van der Waals surface area (Å²) in [6, 6.07) is 3.82. The van der Waals surface area contributed by atoms with Crippen LogP contribution in [-0.2, 0) is 4.79 Å². The molecule has 2 heterocycles. The molecule has 1 saturated carbocycles. The molecule has 0 atom stereocenters. The Labute approximate surface area is 162 Å². The van der Waals surface area contributed by atoms with Gasteiger partial charge in [-0.25, -0.2) is 4.98 Å². The third-order valence-electron chi connectivity index (χ3n) is 5.25. The van der Waals surface area contributed by atoms with Crippen LogP contribution >= 0.6 is 0 Å². The Bertz CT molecular complexity index is 946. The standard InChI is InChI=1S/C19H24N6O3/c1-27-15-7-12-13(8-16(15)28-2)23-18(22-12)17-14(9-21-25-17)24-19(26)10-3-5-11(20)6-4-10/h7-11H,3-6,20H2,1-2H3,(H,21,25)(H,22,23)(H,24,26). The number of rotatable bonds is 5. The first-order valence-electron chi connectivity index (χ1n) is 9.31. The number of aromatic nitrogens is 4. The van der Waals surface area contributed by atoms with Gasteiger partial charge in [0.15, 0.2) is 23.0 Å². The number of nitrogens with zero attached hydrogens (tertiary/aromatic N) is 2. The fourth-order valence-corrected chi connectivity index (χ4v) is 3.63. The summed E-state index contributed by atoms with van der Waals surface area (Å²) in [6.45, 7) is 0. The highest BCUT2D eigenvalue weighted by atomic mass is 16.5. The van der Waals surface area contributed by atoms with E-state index in [1.54, 1.807) is 26.5 Å². The van der Waals surface area contributed by atoms with Crippen molar-refractivity contribution in [1.29, 1.82) is 0 Å². The lowest BCUT2D eigenvalue weighted by atomic mass is 9.86. The third-order valence-corrected chi connectivity index (χ3v) is 5.25. The summed E-state index contributed by atoms with van der Waals surface area (Å²) in [4.78, 5) is 20.5. The highest BCUT2D eigenvalue weighted by Gasteiger charge is 2.26. The van der Waals surface area contributed by atoms with Crippen molar-refractivity contribution in [3.63, 3.8) is 0 Å². The van der Waals surface area contributed by atoms with Gasteiger partial charge >= 0.3 is 0 Å². The van der Waals surface area contributed by atoms with E-state index in [-0.39, 0.29) is 17.9 Å². The second-order valence-corrected chi connectivity index (χ2v) is 7.06. The number of benzene rings is 1. The van der Waals surface area contributed by atoms with Crippen LogP contribution in [0.1, 0.15) is 25.7 Å². The minimum absolute atomic E-state index is 0.00556. The molecule has 0 unspecified atom stereocenters. The lowest BCUT2D eigenvalue weighted by molar-refractivity contribution is -0.120. The summed E-state index contributed by atoms with van der Waals surface area (Å²) in [6.07, 6.45) is 5.04. The normalized spacial score (nSPS) is 19.5. The molecule has 1 aromatic carbocycles. The zero-order valence-electron chi connectivity index (χ0n) is 15.9. The molecule has 2 aromatic heterocycles. The molecular formula is C19H24N6O3. The SMILES string of the molecule is COc1cc2nc(-c3n[nH]cc3NC(=O)C3CCC(N)CC3)[nH]c2cc1OC. The second-order valence-electron chi connectivity index (χ2n) is 7.06. The van der Waals surface area contributed by atoms with Crippen molar-refractivity contribution in [2.75, 3.05) is 19.5 Å². The fourth-order valence-electron chi connectivity index (χ4n) is 3.63. The van der Waals surface area contributed by atoms with Gasteiger partial charge in [0, 0.05) is 30.3 Å². The Balaban J connectivity index is 1.59. The van der Waals surface area contributed by atoms with Crippen LogP contribution in [0.5, 0.6) is 11.5 Å². The zero-order chi connectivity index (χ0) is 19.7. The Morgan fingerprint density at radius 1 is 1.18 bits per heavy atom. The van der Waals surface area contributed by atoms with E-state index >= 15 is 0 Å². The Morgan fingerprint density at radius 2 is 1.89 bits per heavy atom. The van der Waals surface area contributed by atoms with Gasteiger partial charge in [-0.3, -0.25) is 9.89 Å². The fraction of sp³-hybridized carbons (Fsp3) is 0.421. The van der Waals surface area contributed by atoms with E-state index in [1.807, 2.05) is 6.07 Å². The molecule has 1 fully saturated rings. The van der Waals surface area contributed by atoms with Crippen LogP contribution in [0.25, 0.3) is 22.6 Å². The zero-order valence-corrected chi connectivity index (χ0v) is 15.9. The van der Waals surface area contributed by atoms with Crippen LogP contribution in [0.15, 0.2) is 18.3 Å². The van der Waals surface area contributed by atoms with Gasteiger partial charge in [0.05, 0.1) is 30.9 Å². The summed E-state index contributed by atoms with van der Waals surface area (Å²) < 4.78 is 10.7. The molecule has 1 aliphatic rings. The molecule has 0 spiro atoms. The first-order valence-corrected chi connectivity index (χ1v) is 9.31. The molecular weight excluding hydrogens is 360 g/mol. The third kappa shape index (κ3) is 3.40. The molecule has 3 aromatic rings. The van der Waals surface area contributed by atoms with Crippen LogP contribution in [0.2, 0.25) is 0 Å². The number of imidazole rings is 1. The number of anilines is 1. The van der Waals surface area contributed by atoms with Gasteiger partial charge in [-0.2, -0.15) is 5.10 Å². The van der Waals surface area contributed by atoms with Gasteiger partial charge in [-0.05, 0) is 25.7 Å². The number of carbonyl (C=O) groups is 1. The summed E-state index contributed by atoms with van der Waals surface area (Å²) in [7, 11) is 3.16. The summed E-state index contributed by atoms with van der Waals surface area (Å²) in [5, 5.41) is 10.0. The molecule has 1 aliphatic carbocycles. The molecule has 9 heteroatoms. The lowest BCUT2D eigenvalue weighted by Crippen LogP contribution is -2.32. The predicted molar refractivity (Wildman–Crippen MR) is 105 cm³/mol. The topological polar surface area (TPSA) is 131 Å². The first kappa shape index (κ1) is 18.3. The van der Waals surface area contributed by atoms with Crippen molar-refractivity contribution in [3.05, 3.63) is 18.3 Å². The number of hydrogen-bond donors (Lipinski definition) is 4. The van der Waals surface area contributed by atoms with E-state index in [1.165, 1.54) is 0 Å². The van der Waals surface area contributed by atoms with Crippen molar-refractivity contribution < 1.29 is 14.3 Å². The molecule has 148 valence electrons. The molecule has 0 saturated heterocycles. The van der Waals surface area contributed by atoms with Crippen LogP contribution in [0, 0.1) is 5.92 Å². The number of methoxy groups -OCH3 is 2. The van der Waals surface area contributed by atoms with Gasteiger partial charge in [0.25, 0.3) is 0 Å². The summed E-state index contributed by atoms with van der Waals surface area (Å²) in [5.41, 5.74) is 8.58. The van der Waals surface area contributed by atoms with Crippen molar-refractivity contribution in [2.45, 2.75) is 31.7 Å². The number of nitrogens with two attached hydrogens (primary N) is 1. The number of aromatic amines is 2. The molecule has 9 nitrogen and oxygen atoms in total. The average Bonchev–Trinajstić information content (AvgIpc) is 3.33. The number of ether oxygens (including phenoxy) is 2. The lowest BCUT2D eigenvalue weighted by Gasteiger charge is -2.24. The van der Waals surface area contributed by atoms with Crippen molar-refractivity contribution in [1.82, 2.24) is 20.2 Å². The molecule has 1 amide bonds. The number of hydrogen-bond acceptors (Lipinski definition) is 6. The maximum absolute atomic E-state index is 12.6. The Kier molecular flexibility index (Phi) is 4.91.